The molecule has 68 heavy (non-hydrogen) atoms. The van der Waals surface area contributed by atoms with E-state index in [9.17, 15) is 24.0 Å². The van der Waals surface area contributed by atoms with Crippen LogP contribution in [0.5, 0.6) is 11.5 Å². The third-order valence-electron chi connectivity index (χ3n) is 12.3. The molecule has 1 saturated carbocycles. The van der Waals surface area contributed by atoms with Crippen molar-refractivity contribution in [2.24, 2.45) is 0 Å². The van der Waals surface area contributed by atoms with Crippen LogP contribution in [0.25, 0.3) is 21.8 Å². The Morgan fingerprint density at radius 1 is 0.853 bits per heavy atom. The van der Waals surface area contributed by atoms with Gasteiger partial charge < -0.3 is 46.7 Å². The average molecular weight is 959 g/mol. The van der Waals surface area contributed by atoms with Crippen LogP contribution < -0.4 is 25.6 Å². The van der Waals surface area contributed by atoms with Crippen molar-refractivity contribution in [3.05, 3.63) is 120 Å². The van der Waals surface area contributed by atoms with E-state index in [1.165, 1.54) is 19.4 Å². The summed E-state index contributed by atoms with van der Waals surface area (Å²) >= 11 is 6.04. The van der Waals surface area contributed by atoms with E-state index in [1.807, 2.05) is 16.4 Å². The number of aromatic nitrogens is 2. The van der Waals surface area contributed by atoms with Gasteiger partial charge in [0.25, 0.3) is 5.91 Å². The lowest BCUT2D eigenvalue weighted by Gasteiger charge is -2.41. The Morgan fingerprint density at radius 3 is 2.21 bits per heavy atom. The van der Waals surface area contributed by atoms with Gasteiger partial charge in [-0.25, -0.2) is 14.0 Å². The van der Waals surface area contributed by atoms with Crippen molar-refractivity contribution in [3.63, 3.8) is 0 Å². The van der Waals surface area contributed by atoms with E-state index in [1.54, 1.807) is 68.0 Å². The van der Waals surface area contributed by atoms with Gasteiger partial charge in [0.1, 0.15) is 36.0 Å². The van der Waals surface area contributed by atoms with Crippen LogP contribution in [0, 0.1) is 19.7 Å². The summed E-state index contributed by atoms with van der Waals surface area (Å²) in [7, 11) is 2.97. The summed E-state index contributed by atoms with van der Waals surface area (Å²) in [6, 6.07) is 13.0. The van der Waals surface area contributed by atoms with Crippen molar-refractivity contribution < 1.29 is 56.0 Å². The Kier molecular flexibility index (Phi) is 14.7. The van der Waals surface area contributed by atoms with Gasteiger partial charge in [-0.15, -0.1) is 0 Å². The van der Waals surface area contributed by atoms with Crippen LogP contribution in [0.3, 0.4) is 0 Å². The fourth-order valence-corrected chi connectivity index (χ4v) is 8.78. The lowest BCUT2D eigenvalue weighted by molar-refractivity contribution is -0.144. The van der Waals surface area contributed by atoms with Gasteiger partial charge in [-0.2, -0.15) is 0 Å². The molecule has 4 heterocycles. The van der Waals surface area contributed by atoms with Crippen molar-refractivity contribution >= 4 is 56.9 Å². The Hall–Kier alpha value is -6.47. The van der Waals surface area contributed by atoms with Crippen LogP contribution in [0.2, 0.25) is 5.02 Å². The molecule has 8 rings (SSSR count). The highest BCUT2D eigenvalue weighted by molar-refractivity contribution is 6.30. The van der Waals surface area contributed by atoms with Gasteiger partial charge >= 0.3 is 17.8 Å². The normalized spacial score (nSPS) is 15.3. The molecule has 0 N–H and O–H groups in total. The highest BCUT2D eigenvalue weighted by Crippen LogP contribution is 2.44. The molecule has 0 radical (unpaired) electrons. The van der Waals surface area contributed by atoms with E-state index in [0.29, 0.717) is 81.7 Å². The van der Waals surface area contributed by atoms with Crippen molar-refractivity contribution in [1.82, 2.24) is 14.0 Å². The summed E-state index contributed by atoms with van der Waals surface area (Å²) in [6.07, 6.45) is 2.99. The third kappa shape index (κ3) is 10.2. The summed E-state index contributed by atoms with van der Waals surface area (Å²) in [5, 5.41) is 1.20. The second kappa shape index (κ2) is 20.8. The van der Waals surface area contributed by atoms with E-state index >= 15 is 4.39 Å². The molecule has 3 aromatic carbocycles. The van der Waals surface area contributed by atoms with Crippen LogP contribution in [-0.2, 0) is 36.7 Å². The van der Waals surface area contributed by atoms with Crippen LogP contribution in [-0.4, -0.2) is 111 Å². The number of hydrogen-bond acceptors (Lipinski definition) is 15. The number of carbonyl (C=O) groups excluding carboxylic acids is 3. The van der Waals surface area contributed by atoms with Gasteiger partial charge in [-0.1, -0.05) is 11.6 Å². The molecule has 6 aromatic rings. The average Bonchev–Trinajstić information content (AvgIpc) is 4.07. The fourth-order valence-electron chi connectivity index (χ4n) is 8.65. The summed E-state index contributed by atoms with van der Waals surface area (Å²) in [5.41, 5.74) is 2.01. The quantitative estimate of drug-likeness (QED) is 0.0622. The number of piperazine rings is 1. The predicted octanol–water partition coefficient (Wildman–Crippen LogP) is 6.64. The summed E-state index contributed by atoms with van der Waals surface area (Å²) < 4.78 is 63.1. The second-order valence-electron chi connectivity index (χ2n) is 16.7. The molecular formula is C49H52ClFN4O13. The maximum Gasteiger partial charge on any atom is 0.519 e. The molecule has 1 atom stereocenters. The number of ether oxygens (including phenoxy) is 6. The first kappa shape index (κ1) is 48.0. The molecule has 1 unspecified atom stereocenters. The van der Waals surface area contributed by atoms with Crippen LogP contribution in [0.15, 0.2) is 73.2 Å². The molecule has 2 aliphatic rings. The second-order valence-corrected chi connectivity index (χ2v) is 17.1. The minimum atomic E-state index is -0.864. The standard InChI is InChI=1S/C49H52ClFN4O13/c1-28-25-53(15-14-52(28)27-41-30(3)67-49(60)68-41)44-39(51)23-37-43(46(44)62-5)54(33-10-11-33)26-38(45(37)57)48(59)66-21-19-64-17-16-63-18-20-65-42(56)24-35-29(2)55(40-13-12-34(61-4)22-36(35)40)47(58)31-6-8-32(50)9-7-31/h6-9,12-13,22-23,26,28,33H,10-11,14-21,24-25,27H2,1-5H3. The van der Waals surface area contributed by atoms with Crippen LogP contribution in [0.4, 0.5) is 10.1 Å². The SMILES string of the molecule is COc1ccc2c(c1)c(CC(=O)OCCOCCOCCOC(=O)c1cn(C3CC3)c3c(OC)c(N4CCN(Cc5oc(=O)oc5C)C(C)C4)c(F)cc3c1=O)c(C)n2C(=O)c1ccc(Cl)cc1. The predicted molar refractivity (Wildman–Crippen MR) is 248 cm³/mol. The number of nitrogens with zero attached hydrogens (tertiary/aromatic N) is 4. The maximum atomic E-state index is 16.2. The zero-order chi connectivity index (χ0) is 48.2. The number of hydrogen-bond donors (Lipinski definition) is 0. The maximum absolute atomic E-state index is 16.2. The van der Waals surface area contributed by atoms with Gasteiger partial charge in [0.05, 0.1) is 70.0 Å². The van der Waals surface area contributed by atoms with Gasteiger partial charge in [0.15, 0.2) is 17.3 Å². The first-order valence-electron chi connectivity index (χ1n) is 22.3. The first-order chi connectivity index (χ1) is 32.8. The van der Waals surface area contributed by atoms with Gasteiger partial charge in [-0.3, -0.25) is 23.9 Å². The van der Waals surface area contributed by atoms with Crippen molar-refractivity contribution in [2.45, 2.75) is 58.7 Å². The molecule has 1 aliphatic heterocycles. The fraction of sp³-hybridized carbons (Fsp3) is 0.408. The van der Waals surface area contributed by atoms with Crippen molar-refractivity contribution in [1.29, 1.82) is 0 Å². The molecule has 1 aliphatic carbocycles. The zero-order valence-corrected chi connectivity index (χ0v) is 39.2. The third-order valence-corrected chi connectivity index (χ3v) is 12.6. The number of benzene rings is 3. The van der Waals surface area contributed by atoms with Crippen molar-refractivity contribution in [2.75, 3.05) is 78.4 Å². The van der Waals surface area contributed by atoms with E-state index < -0.39 is 29.0 Å². The number of rotatable bonds is 19. The summed E-state index contributed by atoms with van der Waals surface area (Å²) in [6.45, 7) is 7.42. The smallest absolute Gasteiger partial charge is 0.497 e. The van der Waals surface area contributed by atoms with E-state index in [-0.39, 0.29) is 86.4 Å². The molecule has 3 aromatic heterocycles. The molecule has 360 valence electrons. The number of fused-ring (bicyclic) bond motifs is 2. The largest absolute Gasteiger partial charge is 0.519 e. The van der Waals surface area contributed by atoms with Crippen molar-refractivity contribution in [3.8, 4) is 11.5 Å². The van der Waals surface area contributed by atoms with E-state index in [2.05, 4.69) is 4.90 Å². The Morgan fingerprint density at radius 2 is 1.56 bits per heavy atom. The highest BCUT2D eigenvalue weighted by atomic mass is 35.5. The highest BCUT2D eigenvalue weighted by Gasteiger charge is 2.34. The topological polar surface area (TPSA) is 183 Å². The molecule has 17 nitrogen and oxygen atoms in total. The lowest BCUT2D eigenvalue weighted by Crippen LogP contribution is -2.51. The van der Waals surface area contributed by atoms with E-state index in [4.69, 9.17) is 48.9 Å². The summed E-state index contributed by atoms with van der Waals surface area (Å²) in [4.78, 5) is 69.3. The number of aryl methyl sites for hydroxylation is 1. The number of esters is 2. The monoisotopic (exact) mass is 958 g/mol. The molecule has 1 saturated heterocycles. The number of carbonyl (C=O) groups is 3. The number of methoxy groups -OCH3 is 2. The zero-order valence-electron chi connectivity index (χ0n) is 38.4. The first-order valence-corrected chi connectivity index (χ1v) is 22.7. The minimum Gasteiger partial charge on any atom is -0.497 e. The molecule has 2 fully saturated rings. The molecule has 0 bridgehead atoms. The lowest BCUT2D eigenvalue weighted by atomic mass is 10.1. The van der Waals surface area contributed by atoms with Crippen LogP contribution in [0.1, 0.15) is 69.3 Å². The van der Waals surface area contributed by atoms with Gasteiger partial charge in [0, 0.05) is 59.6 Å². The Bertz CT molecular complexity index is 2970. The number of pyridine rings is 1. The van der Waals surface area contributed by atoms with E-state index in [0.717, 1.165) is 12.8 Å². The molecule has 19 heteroatoms. The van der Waals surface area contributed by atoms with Gasteiger partial charge in [-0.05, 0) is 87.7 Å². The minimum absolute atomic E-state index is 0.00535. The molecule has 0 amide bonds. The molecular weight excluding hydrogens is 907 g/mol. The Balaban J connectivity index is 0.811. The summed E-state index contributed by atoms with van der Waals surface area (Å²) in [5.74, 6) is -1.41. The number of anilines is 1. The molecule has 0 spiro atoms. The number of halogens is 2. The van der Waals surface area contributed by atoms with Gasteiger partial charge in [0.2, 0.25) is 5.43 Å². The van der Waals surface area contributed by atoms with Crippen LogP contribution >= 0.6 is 11.6 Å². The Labute approximate surface area is 394 Å².